The molecule has 8 nitrogen and oxygen atoms in total. The van der Waals surface area contributed by atoms with E-state index >= 15 is 0 Å². The van der Waals surface area contributed by atoms with Crippen LogP contribution in [0.5, 0.6) is 11.5 Å². The molecule has 2 amide bonds. The molecule has 1 aliphatic heterocycles. The summed E-state index contributed by atoms with van der Waals surface area (Å²) < 4.78 is 30.3. The zero-order chi connectivity index (χ0) is 24.1. The van der Waals surface area contributed by atoms with E-state index in [2.05, 4.69) is 26.0 Å². The summed E-state index contributed by atoms with van der Waals surface area (Å²) in [4.78, 5) is 38.0. The average Bonchev–Trinajstić information content (AvgIpc) is 2.78. The molecule has 0 spiro atoms. The molecule has 1 fully saturated rings. The first kappa shape index (κ1) is 24.3. The van der Waals surface area contributed by atoms with Gasteiger partial charge in [0.25, 0.3) is 11.8 Å². The number of para-hydroxylation sites is 1. The summed E-state index contributed by atoms with van der Waals surface area (Å²) in [5, 5.41) is 2.18. The van der Waals surface area contributed by atoms with Crippen LogP contribution in [0, 0.1) is 5.82 Å². The number of carbonyl (C=O) groups excluding carboxylic acids is 3. The van der Waals surface area contributed by atoms with Crippen LogP contribution in [0.3, 0.4) is 0 Å². The fourth-order valence-electron chi connectivity index (χ4n) is 2.90. The maximum atomic E-state index is 14.3. The summed E-state index contributed by atoms with van der Waals surface area (Å²) in [5.41, 5.74) is 0.0564. The van der Waals surface area contributed by atoms with Crippen molar-refractivity contribution in [3.63, 3.8) is 0 Å². The van der Waals surface area contributed by atoms with Crippen LogP contribution in [0.25, 0.3) is 6.08 Å². The topological polar surface area (TPSA) is 94.2 Å². The van der Waals surface area contributed by atoms with Crippen molar-refractivity contribution in [1.29, 1.82) is 0 Å². The van der Waals surface area contributed by atoms with Crippen LogP contribution in [-0.4, -0.2) is 43.2 Å². The van der Waals surface area contributed by atoms with E-state index in [-0.39, 0.29) is 34.5 Å². The SMILES string of the molecule is CCOc1cc(/C=C2\C(=O)NC(=S)N(c3ccccc3F)C2=O)c(Br)cc1OCC(=O)OC. The van der Waals surface area contributed by atoms with Crippen molar-refractivity contribution < 1.29 is 33.0 Å². The Morgan fingerprint density at radius 1 is 1.21 bits per heavy atom. The van der Waals surface area contributed by atoms with Gasteiger partial charge in [0.2, 0.25) is 0 Å². The van der Waals surface area contributed by atoms with Gasteiger partial charge in [-0.15, -0.1) is 0 Å². The predicted molar refractivity (Wildman–Crippen MR) is 125 cm³/mol. The number of hydrogen-bond acceptors (Lipinski definition) is 7. The van der Waals surface area contributed by atoms with Crippen LogP contribution in [-0.2, 0) is 19.1 Å². The molecule has 0 radical (unpaired) electrons. The number of thiocarbonyl (C=S) groups is 1. The van der Waals surface area contributed by atoms with Crippen LogP contribution in [0.1, 0.15) is 12.5 Å². The molecular formula is C22H18BrFN2O6S. The molecule has 1 aliphatic rings. The van der Waals surface area contributed by atoms with Crippen molar-refractivity contribution in [2.45, 2.75) is 6.92 Å². The fourth-order valence-corrected chi connectivity index (χ4v) is 3.61. The predicted octanol–water partition coefficient (Wildman–Crippen LogP) is 3.37. The molecule has 172 valence electrons. The molecule has 2 aromatic rings. The molecule has 0 aromatic heterocycles. The zero-order valence-electron chi connectivity index (χ0n) is 17.5. The minimum absolute atomic E-state index is 0.0842. The quantitative estimate of drug-likeness (QED) is 0.251. The number of benzene rings is 2. The smallest absolute Gasteiger partial charge is 0.343 e. The highest BCUT2D eigenvalue weighted by molar-refractivity contribution is 9.10. The lowest BCUT2D eigenvalue weighted by atomic mass is 10.1. The molecule has 1 saturated heterocycles. The van der Waals surface area contributed by atoms with E-state index in [1.54, 1.807) is 13.0 Å². The first-order chi connectivity index (χ1) is 15.8. The summed E-state index contributed by atoms with van der Waals surface area (Å²) >= 11 is 8.46. The number of ether oxygens (including phenoxy) is 3. The van der Waals surface area contributed by atoms with Gasteiger partial charge in [0.05, 0.1) is 19.4 Å². The van der Waals surface area contributed by atoms with Gasteiger partial charge in [-0.25, -0.2) is 14.1 Å². The molecule has 0 unspecified atom stereocenters. The van der Waals surface area contributed by atoms with E-state index in [0.29, 0.717) is 16.6 Å². The molecule has 0 aliphatic carbocycles. The largest absolute Gasteiger partial charge is 0.490 e. The van der Waals surface area contributed by atoms with Gasteiger partial charge in [0.15, 0.2) is 23.2 Å². The summed E-state index contributed by atoms with van der Waals surface area (Å²) in [5.74, 6) is -2.23. The number of carbonyl (C=O) groups is 3. The summed E-state index contributed by atoms with van der Waals surface area (Å²) in [6.07, 6.45) is 1.32. The van der Waals surface area contributed by atoms with Crippen molar-refractivity contribution in [2.75, 3.05) is 25.2 Å². The molecule has 1 heterocycles. The van der Waals surface area contributed by atoms with E-state index in [1.807, 2.05) is 0 Å². The van der Waals surface area contributed by atoms with Crippen LogP contribution < -0.4 is 19.7 Å². The Balaban J connectivity index is 2.01. The maximum Gasteiger partial charge on any atom is 0.343 e. The average molecular weight is 537 g/mol. The van der Waals surface area contributed by atoms with Gasteiger partial charge in [-0.05, 0) is 55.0 Å². The second-order valence-electron chi connectivity index (χ2n) is 6.53. The molecule has 0 saturated carbocycles. The first-order valence-corrected chi connectivity index (χ1v) is 10.8. The number of halogens is 2. The molecule has 2 aromatic carbocycles. The highest BCUT2D eigenvalue weighted by Gasteiger charge is 2.35. The molecule has 1 N–H and O–H groups in total. The number of nitrogens with zero attached hydrogens (tertiary/aromatic N) is 1. The van der Waals surface area contributed by atoms with E-state index in [4.69, 9.17) is 21.7 Å². The molecule has 3 rings (SSSR count). The molecular weight excluding hydrogens is 519 g/mol. The van der Waals surface area contributed by atoms with Gasteiger partial charge in [0, 0.05) is 4.47 Å². The third-order valence-electron chi connectivity index (χ3n) is 4.43. The van der Waals surface area contributed by atoms with Gasteiger partial charge in [-0.2, -0.15) is 0 Å². The Hall–Kier alpha value is -3.31. The Morgan fingerprint density at radius 2 is 1.91 bits per heavy atom. The monoisotopic (exact) mass is 536 g/mol. The Bertz CT molecular complexity index is 1170. The fraction of sp³-hybridized carbons (Fsp3) is 0.182. The lowest BCUT2D eigenvalue weighted by Crippen LogP contribution is -2.54. The second kappa shape index (κ2) is 10.5. The minimum atomic E-state index is -0.787. The van der Waals surface area contributed by atoms with Crippen molar-refractivity contribution in [2.24, 2.45) is 0 Å². The first-order valence-electron chi connectivity index (χ1n) is 9.58. The molecule has 0 atom stereocenters. The number of nitrogens with one attached hydrogen (secondary N) is 1. The Kier molecular flexibility index (Phi) is 7.77. The van der Waals surface area contributed by atoms with Crippen LogP contribution in [0.2, 0.25) is 0 Å². The highest BCUT2D eigenvalue weighted by atomic mass is 79.9. The number of methoxy groups -OCH3 is 1. The van der Waals surface area contributed by atoms with Crippen LogP contribution in [0.15, 0.2) is 46.4 Å². The normalized spacial score (nSPS) is 14.8. The third-order valence-corrected chi connectivity index (χ3v) is 5.40. The highest BCUT2D eigenvalue weighted by Crippen LogP contribution is 2.35. The van der Waals surface area contributed by atoms with Gasteiger partial charge in [-0.3, -0.25) is 14.9 Å². The van der Waals surface area contributed by atoms with Crippen molar-refractivity contribution in [3.05, 3.63) is 57.8 Å². The molecule has 0 bridgehead atoms. The van der Waals surface area contributed by atoms with Crippen molar-refractivity contribution >= 4 is 62.8 Å². The van der Waals surface area contributed by atoms with Crippen molar-refractivity contribution in [3.8, 4) is 11.5 Å². The summed E-state index contributed by atoms with van der Waals surface area (Å²) in [6.45, 7) is 1.72. The molecule has 11 heteroatoms. The van der Waals surface area contributed by atoms with Gasteiger partial charge >= 0.3 is 5.97 Å². The number of esters is 1. The van der Waals surface area contributed by atoms with Crippen LogP contribution >= 0.6 is 28.1 Å². The van der Waals surface area contributed by atoms with E-state index < -0.39 is 23.6 Å². The number of anilines is 1. The Labute approximate surface area is 202 Å². The number of rotatable bonds is 7. The lowest BCUT2D eigenvalue weighted by molar-refractivity contribution is -0.143. The lowest BCUT2D eigenvalue weighted by Gasteiger charge is -2.29. The van der Waals surface area contributed by atoms with Gasteiger partial charge in [-0.1, -0.05) is 28.1 Å². The van der Waals surface area contributed by atoms with Crippen molar-refractivity contribution in [1.82, 2.24) is 5.32 Å². The number of hydrogen-bond donors (Lipinski definition) is 1. The third kappa shape index (κ3) is 5.37. The maximum absolute atomic E-state index is 14.3. The summed E-state index contributed by atoms with van der Waals surface area (Å²) in [7, 11) is 1.24. The summed E-state index contributed by atoms with van der Waals surface area (Å²) in [6, 6.07) is 8.65. The molecule has 33 heavy (non-hydrogen) atoms. The standard InChI is InChI=1S/C22H18BrFN2O6S/c1-3-31-17-9-12(14(23)10-18(17)32-11-19(27)30-2)8-13-20(28)25-22(33)26(21(13)29)16-7-5-4-6-15(16)24/h4-10H,3,11H2,1-2H3,(H,25,28,33)/b13-8+. The van der Waals surface area contributed by atoms with Crippen LogP contribution in [0.4, 0.5) is 10.1 Å². The Morgan fingerprint density at radius 3 is 2.58 bits per heavy atom. The van der Waals surface area contributed by atoms with Gasteiger partial charge < -0.3 is 14.2 Å². The second-order valence-corrected chi connectivity index (χ2v) is 7.77. The minimum Gasteiger partial charge on any atom is -0.490 e. The van der Waals surface area contributed by atoms with E-state index in [0.717, 1.165) is 4.90 Å². The van der Waals surface area contributed by atoms with E-state index in [1.165, 1.54) is 43.5 Å². The number of amides is 2. The van der Waals surface area contributed by atoms with E-state index in [9.17, 15) is 18.8 Å². The van der Waals surface area contributed by atoms with Gasteiger partial charge in [0.1, 0.15) is 11.4 Å². The zero-order valence-corrected chi connectivity index (χ0v) is 19.9.